The third-order valence-electron chi connectivity index (χ3n) is 7.94. The van der Waals surface area contributed by atoms with Crippen molar-refractivity contribution in [1.29, 1.82) is 0 Å². The smallest absolute Gasteiger partial charge is 0.259 e. The molecule has 0 bridgehead atoms. The Morgan fingerprint density at radius 3 is 2.12 bits per heavy atom. The molecule has 2 aliphatic rings. The Morgan fingerprint density at radius 1 is 0.744 bits per heavy atom. The van der Waals surface area contributed by atoms with Gasteiger partial charge in [-0.2, -0.15) is 0 Å². The van der Waals surface area contributed by atoms with Crippen LogP contribution in [0.4, 0.5) is 17.1 Å². The molecule has 228 valence electrons. The molecule has 3 aromatic rings. The molecule has 2 heterocycles. The number of methoxy groups -OCH3 is 2. The van der Waals surface area contributed by atoms with Crippen LogP contribution in [0.1, 0.15) is 27.1 Å². The number of hydrogen-bond acceptors (Lipinski definition) is 8. The van der Waals surface area contributed by atoms with E-state index in [-0.39, 0.29) is 11.8 Å². The first-order chi connectivity index (χ1) is 21.1. The molecule has 2 saturated heterocycles. The number of para-hydroxylation sites is 3. The first-order valence-corrected chi connectivity index (χ1v) is 14.9. The highest BCUT2D eigenvalue weighted by Gasteiger charge is 2.24. The number of amides is 2. The van der Waals surface area contributed by atoms with E-state index in [1.165, 1.54) is 7.11 Å². The van der Waals surface area contributed by atoms with E-state index in [2.05, 4.69) is 31.4 Å². The zero-order chi connectivity index (χ0) is 30.0. The summed E-state index contributed by atoms with van der Waals surface area (Å²) in [7, 11) is 3.23. The van der Waals surface area contributed by atoms with Crippen LogP contribution in [0.15, 0.2) is 66.7 Å². The number of morpholine rings is 1. The molecule has 2 fully saturated rings. The van der Waals surface area contributed by atoms with Crippen molar-refractivity contribution in [2.24, 2.45) is 0 Å². The van der Waals surface area contributed by atoms with Gasteiger partial charge >= 0.3 is 0 Å². The van der Waals surface area contributed by atoms with Crippen LogP contribution < -0.4 is 29.9 Å². The van der Waals surface area contributed by atoms with Crippen LogP contribution in [-0.4, -0.2) is 96.5 Å². The van der Waals surface area contributed by atoms with Crippen LogP contribution in [-0.2, 0) is 4.74 Å². The topological polar surface area (TPSA) is 95.6 Å². The predicted octanol–water partition coefficient (Wildman–Crippen LogP) is 3.73. The van der Waals surface area contributed by atoms with Crippen LogP contribution >= 0.6 is 0 Å². The van der Waals surface area contributed by atoms with Crippen molar-refractivity contribution >= 4 is 28.9 Å². The molecule has 3 aromatic carbocycles. The van der Waals surface area contributed by atoms with Crippen LogP contribution in [0.5, 0.6) is 11.5 Å². The molecule has 2 amide bonds. The number of anilines is 3. The molecule has 2 aliphatic heterocycles. The van der Waals surface area contributed by atoms with Crippen LogP contribution in [0, 0.1) is 0 Å². The molecule has 0 saturated carbocycles. The number of carbonyl (C=O) groups is 2. The van der Waals surface area contributed by atoms with Crippen LogP contribution in [0.2, 0.25) is 0 Å². The maximum atomic E-state index is 13.6. The maximum Gasteiger partial charge on any atom is 0.259 e. The third kappa shape index (κ3) is 7.57. The summed E-state index contributed by atoms with van der Waals surface area (Å²) in [6.07, 6.45) is 0.850. The average molecular weight is 588 g/mol. The molecule has 0 radical (unpaired) electrons. The molecule has 0 aliphatic carbocycles. The normalized spacial score (nSPS) is 15.6. The minimum atomic E-state index is -0.299. The lowest BCUT2D eigenvalue weighted by Gasteiger charge is -2.38. The molecule has 10 heteroatoms. The second kappa shape index (κ2) is 14.8. The number of piperazine rings is 1. The van der Waals surface area contributed by atoms with Crippen molar-refractivity contribution < 1.29 is 23.8 Å². The molecular weight excluding hydrogens is 546 g/mol. The number of hydrogen-bond donors (Lipinski definition) is 2. The van der Waals surface area contributed by atoms with Gasteiger partial charge in [0, 0.05) is 57.2 Å². The third-order valence-corrected chi connectivity index (χ3v) is 7.94. The highest BCUT2D eigenvalue weighted by molar-refractivity contribution is 6.07. The van der Waals surface area contributed by atoms with Crippen molar-refractivity contribution in [2.45, 2.75) is 6.42 Å². The number of nitrogens with one attached hydrogen (secondary N) is 2. The maximum absolute atomic E-state index is 13.6. The van der Waals surface area contributed by atoms with Gasteiger partial charge in [-0.15, -0.1) is 0 Å². The molecule has 0 aromatic heterocycles. The zero-order valence-corrected chi connectivity index (χ0v) is 25.0. The van der Waals surface area contributed by atoms with Gasteiger partial charge in [0.15, 0.2) is 0 Å². The molecule has 0 unspecified atom stereocenters. The zero-order valence-electron chi connectivity index (χ0n) is 25.0. The Hall–Kier alpha value is -4.28. The molecule has 0 spiro atoms. The number of carbonyl (C=O) groups excluding carboxylic acids is 2. The van der Waals surface area contributed by atoms with E-state index in [9.17, 15) is 9.59 Å². The largest absolute Gasteiger partial charge is 0.496 e. The summed E-state index contributed by atoms with van der Waals surface area (Å²) in [6.45, 7) is 7.89. The Bertz CT molecular complexity index is 1390. The quantitative estimate of drug-likeness (QED) is 0.328. The van der Waals surface area contributed by atoms with E-state index in [0.717, 1.165) is 82.6 Å². The number of nitrogens with zero attached hydrogens (tertiary/aromatic N) is 3. The van der Waals surface area contributed by atoms with Crippen molar-refractivity contribution in [3.05, 3.63) is 77.9 Å². The molecule has 2 N–H and O–H groups in total. The minimum absolute atomic E-state index is 0.155. The van der Waals surface area contributed by atoms with Crippen molar-refractivity contribution in [2.75, 3.05) is 94.9 Å². The summed E-state index contributed by atoms with van der Waals surface area (Å²) in [4.78, 5) is 33.6. The van der Waals surface area contributed by atoms with Gasteiger partial charge in [-0.1, -0.05) is 24.3 Å². The van der Waals surface area contributed by atoms with E-state index in [0.29, 0.717) is 29.1 Å². The second-order valence-electron chi connectivity index (χ2n) is 10.6. The van der Waals surface area contributed by atoms with E-state index in [1.807, 2.05) is 36.4 Å². The highest BCUT2D eigenvalue weighted by Crippen LogP contribution is 2.31. The fourth-order valence-corrected chi connectivity index (χ4v) is 5.61. The molecule has 10 nitrogen and oxygen atoms in total. The summed E-state index contributed by atoms with van der Waals surface area (Å²) in [5.41, 5.74) is 3.43. The molecule has 0 atom stereocenters. The summed E-state index contributed by atoms with van der Waals surface area (Å²) >= 11 is 0. The Labute approximate surface area is 253 Å². The van der Waals surface area contributed by atoms with Crippen molar-refractivity contribution in [3.8, 4) is 11.5 Å². The van der Waals surface area contributed by atoms with E-state index in [1.54, 1.807) is 31.4 Å². The Kier molecular flexibility index (Phi) is 10.4. The van der Waals surface area contributed by atoms with Gasteiger partial charge in [-0.25, -0.2) is 0 Å². The first kappa shape index (κ1) is 30.2. The van der Waals surface area contributed by atoms with Crippen LogP contribution in [0.25, 0.3) is 0 Å². The lowest BCUT2D eigenvalue weighted by molar-refractivity contribution is 0.0374. The standard InChI is InChI=1S/C33H41N5O5/c1-41-30-10-5-3-8-26(30)33(40)35-25-12-13-28(27(24-25)32(39)34-14-7-15-36-20-22-43-23-21-36)37-16-18-38(19-17-37)29-9-4-6-11-31(29)42-2/h3-6,8-13,24H,7,14-23H2,1-2H3,(H,34,39)(H,35,40). The van der Waals surface area contributed by atoms with E-state index in [4.69, 9.17) is 14.2 Å². The monoisotopic (exact) mass is 587 g/mol. The number of rotatable bonds is 11. The van der Waals surface area contributed by atoms with E-state index >= 15 is 0 Å². The predicted molar refractivity (Wildman–Crippen MR) is 169 cm³/mol. The minimum Gasteiger partial charge on any atom is -0.496 e. The average Bonchev–Trinajstić information content (AvgIpc) is 3.07. The van der Waals surface area contributed by atoms with Gasteiger partial charge < -0.3 is 34.6 Å². The number of ether oxygens (including phenoxy) is 3. The summed E-state index contributed by atoms with van der Waals surface area (Å²) < 4.78 is 16.4. The van der Waals surface area contributed by atoms with Gasteiger partial charge in [-0.3, -0.25) is 14.5 Å². The summed E-state index contributed by atoms with van der Waals surface area (Å²) in [6, 6.07) is 20.7. The van der Waals surface area contributed by atoms with Crippen molar-refractivity contribution in [3.63, 3.8) is 0 Å². The highest BCUT2D eigenvalue weighted by atomic mass is 16.5. The first-order valence-electron chi connectivity index (χ1n) is 14.9. The second-order valence-corrected chi connectivity index (χ2v) is 10.6. The van der Waals surface area contributed by atoms with Gasteiger partial charge in [0.2, 0.25) is 0 Å². The van der Waals surface area contributed by atoms with E-state index < -0.39 is 0 Å². The Morgan fingerprint density at radius 2 is 1.40 bits per heavy atom. The summed E-state index contributed by atoms with van der Waals surface area (Å²) in [5, 5.41) is 6.07. The lowest BCUT2D eigenvalue weighted by Crippen LogP contribution is -2.47. The van der Waals surface area contributed by atoms with Crippen molar-refractivity contribution in [1.82, 2.24) is 10.2 Å². The number of benzene rings is 3. The Balaban J connectivity index is 1.31. The van der Waals surface area contributed by atoms with Gasteiger partial charge in [0.25, 0.3) is 11.8 Å². The van der Waals surface area contributed by atoms with Crippen LogP contribution in [0.3, 0.4) is 0 Å². The van der Waals surface area contributed by atoms with Gasteiger partial charge in [0.1, 0.15) is 11.5 Å². The molecule has 5 rings (SSSR count). The lowest BCUT2D eigenvalue weighted by atomic mass is 10.1. The summed E-state index contributed by atoms with van der Waals surface area (Å²) in [5.74, 6) is 0.885. The molecular formula is C33H41N5O5. The van der Waals surface area contributed by atoms with Gasteiger partial charge in [0.05, 0.1) is 44.2 Å². The molecule has 43 heavy (non-hydrogen) atoms. The SMILES string of the molecule is COc1ccccc1C(=O)Nc1ccc(N2CCN(c3ccccc3OC)CC2)c(C(=O)NCCCN2CCOCC2)c1. The fourth-order valence-electron chi connectivity index (χ4n) is 5.61. The fraction of sp³-hybridized carbons (Fsp3) is 0.394. The van der Waals surface area contributed by atoms with Gasteiger partial charge in [-0.05, 0) is 55.4 Å².